The van der Waals surface area contributed by atoms with Gasteiger partial charge in [0, 0.05) is 48.4 Å². The van der Waals surface area contributed by atoms with Gasteiger partial charge in [-0.05, 0) is 36.8 Å². The molecule has 164 valence electrons. The lowest BCUT2D eigenvalue weighted by atomic mass is 10.1. The summed E-state index contributed by atoms with van der Waals surface area (Å²) < 4.78 is 35.9. The number of nitrogens with zero attached hydrogens (tertiary/aromatic N) is 5. The van der Waals surface area contributed by atoms with Crippen LogP contribution in [0.1, 0.15) is 16.8 Å². The van der Waals surface area contributed by atoms with Crippen molar-refractivity contribution >= 4 is 21.6 Å². The molecule has 2 aromatic carbocycles. The van der Waals surface area contributed by atoms with Crippen LogP contribution in [0.5, 0.6) is 0 Å². The van der Waals surface area contributed by atoms with Crippen LogP contribution >= 0.6 is 11.6 Å². The fraction of sp³-hybridized carbons (Fsp3) is 0.227. The third-order valence-corrected chi connectivity index (χ3v) is 8.09. The molecular weight excluding hydrogens is 450 g/mol. The summed E-state index contributed by atoms with van der Waals surface area (Å²) in [5.74, 6) is 0.647. The Hall–Kier alpha value is -3.01. The van der Waals surface area contributed by atoms with Gasteiger partial charge < -0.3 is 4.42 Å². The Morgan fingerprint density at radius 1 is 1.03 bits per heavy atom. The van der Waals surface area contributed by atoms with Crippen molar-refractivity contribution in [1.29, 1.82) is 0 Å². The highest BCUT2D eigenvalue weighted by Gasteiger charge is 2.34. The monoisotopic (exact) mass is 469 g/mol. The third-order valence-electron chi connectivity index (χ3n) is 5.69. The average molecular weight is 470 g/mol. The molecule has 0 fully saturated rings. The standard InChI is InChI=1S/C22H20ClN5O3S/c1-14-17(23)9-6-10-19(14)32(29,30)28-12-11-18-16(13-28)20(26-27(18)2)22-25-24-21(31-22)15-7-4-3-5-8-15/h3-10H,11-13H2,1-2H3. The Kier molecular flexibility index (Phi) is 5.11. The number of fused-ring (bicyclic) bond motifs is 1. The van der Waals surface area contributed by atoms with Gasteiger partial charge in [0.1, 0.15) is 0 Å². The van der Waals surface area contributed by atoms with Gasteiger partial charge in [0.15, 0.2) is 5.69 Å². The molecule has 0 saturated carbocycles. The first kappa shape index (κ1) is 20.9. The van der Waals surface area contributed by atoms with Gasteiger partial charge in [-0.25, -0.2) is 8.42 Å². The normalized spacial score (nSPS) is 14.5. The van der Waals surface area contributed by atoms with Crippen LogP contribution in [0.2, 0.25) is 5.02 Å². The molecule has 3 heterocycles. The van der Waals surface area contributed by atoms with Crippen molar-refractivity contribution in [2.24, 2.45) is 7.05 Å². The Balaban J connectivity index is 1.52. The van der Waals surface area contributed by atoms with Crippen molar-refractivity contribution in [3.05, 3.63) is 70.4 Å². The molecule has 0 aliphatic carbocycles. The van der Waals surface area contributed by atoms with Crippen LogP contribution in [-0.4, -0.2) is 39.2 Å². The van der Waals surface area contributed by atoms with Crippen LogP contribution < -0.4 is 0 Å². The molecule has 4 aromatic rings. The molecule has 32 heavy (non-hydrogen) atoms. The van der Waals surface area contributed by atoms with Gasteiger partial charge in [-0.3, -0.25) is 4.68 Å². The smallest absolute Gasteiger partial charge is 0.268 e. The summed E-state index contributed by atoms with van der Waals surface area (Å²) >= 11 is 6.18. The zero-order valence-electron chi connectivity index (χ0n) is 17.5. The molecule has 0 bridgehead atoms. The van der Waals surface area contributed by atoms with Gasteiger partial charge in [-0.1, -0.05) is 35.9 Å². The molecule has 8 nitrogen and oxygen atoms in total. The Labute approximate surface area is 190 Å². The van der Waals surface area contributed by atoms with E-state index in [1.807, 2.05) is 37.4 Å². The fourth-order valence-electron chi connectivity index (χ4n) is 3.97. The lowest BCUT2D eigenvalue weighted by Gasteiger charge is -2.27. The van der Waals surface area contributed by atoms with Gasteiger partial charge in [-0.15, -0.1) is 10.2 Å². The van der Waals surface area contributed by atoms with Crippen LogP contribution in [0.25, 0.3) is 23.0 Å². The average Bonchev–Trinajstić information content (AvgIpc) is 3.41. The van der Waals surface area contributed by atoms with E-state index in [0.717, 1.165) is 16.8 Å². The molecule has 0 saturated heterocycles. The van der Waals surface area contributed by atoms with Crippen molar-refractivity contribution in [2.75, 3.05) is 6.54 Å². The highest BCUT2D eigenvalue weighted by atomic mass is 35.5. The minimum atomic E-state index is -3.74. The fourth-order valence-corrected chi connectivity index (χ4v) is 5.85. The zero-order chi connectivity index (χ0) is 22.5. The Morgan fingerprint density at radius 2 is 1.78 bits per heavy atom. The number of hydrogen-bond donors (Lipinski definition) is 0. The van der Waals surface area contributed by atoms with E-state index < -0.39 is 10.0 Å². The molecule has 1 aliphatic rings. The largest absolute Gasteiger partial charge is 0.415 e. The number of aryl methyl sites for hydroxylation is 1. The predicted molar refractivity (Wildman–Crippen MR) is 119 cm³/mol. The Morgan fingerprint density at radius 3 is 2.56 bits per heavy atom. The molecule has 5 rings (SSSR count). The van der Waals surface area contributed by atoms with Crippen molar-refractivity contribution in [1.82, 2.24) is 24.3 Å². The summed E-state index contributed by atoms with van der Waals surface area (Å²) in [6.45, 7) is 2.22. The molecule has 0 unspecified atom stereocenters. The number of halogens is 1. The van der Waals surface area contributed by atoms with Crippen molar-refractivity contribution < 1.29 is 12.8 Å². The molecule has 1 aliphatic heterocycles. The van der Waals surface area contributed by atoms with Crippen molar-refractivity contribution in [3.63, 3.8) is 0 Å². The van der Waals surface area contributed by atoms with Crippen LogP contribution in [0.15, 0.2) is 57.8 Å². The summed E-state index contributed by atoms with van der Waals surface area (Å²) in [6, 6.07) is 14.4. The van der Waals surface area contributed by atoms with Gasteiger partial charge >= 0.3 is 0 Å². The van der Waals surface area contributed by atoms with E-state index in [4.69, 9.17) is 16.0 Å². The summed E-state index contributed by atoms with van der Waals surface area (Å²) in [5, 5.41) is 13.3. The number of sulfonamides is 1. The minimum absolute atomic E-state index is 0.163. The number of rotatable bonds is 4. The lowest BCUT2D eigenvalue weighted by molar-refractivity contribution is 0.385. The van der Waals surface area contributed by atoms with E-state index in [1.165, 1.54) is 4.31 Å². The molecule has 0 amide bonds. The molecular formula is C22H20ClN5O3S. The molecule has 0 radical (unpaired) electrons. The van der Waals surface area contributed by atoms with Gasteiger partial charge in [-0.2, -0.15) is 9.40 Å². The lowest BCUT2D eigenvalue weighted by Crippen LogP contribution is -2.36. The van der Waals surface area contributed by atoms with E-state index in [0.29, 0.717) is 35.1 Å². The summed E-state index contributed by atoms with van der Waals surface area (Å²) in [5.41, 5.74) is 3.56. The van der Waals surface area contributed by atoms with Crippen LogP contribution in [0, 0.1) is 6.92 Å². The SMILES string of the molecule is Cc1c(Cl)cccc1S(=O)(=O)N1CCc2c(c(-c3nnc(-c4ccccc4)o3)nn2C)C1. The number of aromatic nitrogens is 4. The molecule has 0 spiro atoms. The second-order valence-corrected chi connectivity index (χ2v) is 9.94. The van der Waals surface area contributed by atoms with Crippen LogP contribution in [0.3, 0.4) is 0 Å². The topological polar surface area (TPSA) is 94.1 Å². The maximum absolute atomic E-state index is 13.4. The molecule has 0 atom stereocenters. The summed E-state index contributed by atoms with van der Waals surface area (Å²) in [4.78, 5) is 0.211. The summed E-state index contributed by atoms with van der Waals surface area (Å²) in [6.07, 6.45) is 0.525. The zero-order valence-corrected chi connectivity index (χ0v) is 19.1. The van der Waals surface area contributed by atoms with E-state index in [9.17, 15) is 8.42 Å². The van der Waals surface area contributed by atoms with E-state index >= 15 is 0 Å². The van der Waals surface area contributed by atoms with Gasteiger partial charge in [0.2, 0.25) is 15.9 Å². The van der Waals surface area contributed by atoms with E-state index in [1.54, 1.807) is 29.8 Å². The Bertz CT molecular complexity index is 1410. The number of benzene rings is 2. The van der Waals surface area contributed by atoms with Crippen LogP contribution in [-0.2, 0) is 30.0 Å². The minimum Gasteiger partial charge on any atom is -0.415 e. The predicted octanol–water partition coefficient (Wildman–Crippen LogP) is 3.85. The van der Waals surface area contributed by atoms with Crippen molar-refractivity contribution in [3.8, 4) is 23.0 Å². The second kappa shape index (κ2) is 7.84. The van der Waals surface area contributed by atoms with Crippen molar-refractivity contribution in [2.45, 2.75) is 24.8 Å². The first-order valence-corrected chi connectivity index (χ1v) is 11.9. The van der Waals surface area contributed by atoms with Gasteiger partial charge in [0.05, 0.1) is 4.90 Å². The second-order valence-electron chi connectivity index (χ2n) is 7.63. The van der Waals surface area contributed by atoms with E-state index in [2.05, 4.69) is 15.3 Å². The van der Waals surface area contributed by atoms with E-state index in [-0.39, 0.29) is 17.3 Å². The highest BCUT2D eigenvalue weighted by molar-refractivity contribution is 7.89. The van der Waals surface area contributed by atoms with Gasteiger partial charge in [0.25, 0.3) is 5.89 Å². The third kappa shape index (κ3) is 3.42. The maximum atomic E-state index is 13.4. The highest BCUT2D eigenvalue weighted by Crippen LogP contribution is 2.34. The molecule has 2 aromatic heterocycles. The number of hydrogen-bond acceptors (Lipinski definition) is 6. The molecule has 0 N–H and O–H groups in total. The van der Waals surface area contributed by atoms with Crippen LogP contribution in [0.4, 0.5) is 0 Å². The quantitative estimate of drug-likeness (QED) is 0.450. The first-order chi connectivity index (χ1) is 15.4. The summed E-state index contributed by atoms with van der Waals surface area (Å²) in [7, 11) is -1.90. The maximum Gasteiger partial charge on any atom is 0.268 e. The molecule has 10 heteroatoms. The first-order valence-electron chi connectivity index (χ1n) is 10.1.